The molecule has 4 rings (SSSR count). The van der Waals surface area contributed by atoms with Gasteiger partial charge in [-0.1, -0.05) is 44.2 Å². The van der Waals surface area contributed by atoms with Crippen LogP contribution < -0.4 is 14.2 Å². The van der Waals surface area contributed by atoms with E-state index in [1.54, 1.807) is 49.6 Å². The normalized spacial score (nSPS) is 15.0. The van der Waals surface area contributed by atoms with E-state index in [0.717, 1.165) is 11.1 Å². The van der Waals surface area contributed by atoms with Crippen LogP contribution in [0.4, 0.5) is 0 Å². The van der Waals surface area contributed by atoms with E-state index in [-0.39, 0.29) is 24.0 Å². The molecule has 1 heterocycles. The van der Waals surface area contributed by atoms with Gasteiger partial charge >= 0.3 is 0 Å². The summed E-state index contributed by atoms with van der Waals surface area (Å²) in [4.78, 5) is 13.5. The number of ether oxygens (including phenoxy) is 3. The molecule has 1 aliphatic heterocycles. The summed E-state index contributed by atoms with van der Waals surface area (Å²) in [6.45, 7) is 4.18. The summed E-state index contributed by atoms with van der Waals surface area (Å²) in [6.07, 6.45) is 0.265. The van der Waals surface area contributed by atoms with Crippen LogP contribution in [0.5, 0.6) is 17.2 Å². The first-order valence-electron chi connectivity index (χ1n) is 10.9. The molecule has 2 unspecified atom stereocenters. The van der Waals surface area contributed by atoms with Gasteiger partial charge in [-0.25, -0.2) is 4.21 Å². The van der Waals surface area contributed by atoms with Crippen LogP contribution in [-0.4, -0.2) is 28.6 Å². The zero-order chi connectivity index (χ0) is 24.3. The van der Waals surface area contributed by atoms with E-state index in [1.165, 1.54) is 0 Å². The minimum atomic E-state index is -3.93. The second kappa shape index (κ2) is 9.87. The molecule has 0 saturated carbocycles. The highest BCUT2D eigenvalue weighted by Crippen LogP contribution is 2.36. The third kappa shape index (κ3) is 5.24. The first-order valence-corrected chi connectivity index (χ1v) is 12.4. The van der Waals surface area contributed by atoms with Gasteiger partial charge in [0.1, 0.15) is 5.75 Å². The first-order chi connectivity index (χ1) is 16.3. The third-order valence-corrected chi connectivity index (χ3v) is 7.05. The smallest absolute Gasteiger partial charge is 0.263 e. The van der Waals surface area contributed by atoms with Gasteiger partial charge in [-0.05, 0) is 65.4 Å². The Labute approximate surface area is 199 Å². The van der Waals surface area contributed by atoms with E-state index < -0.39 is 21.8 Å². The van der Waals surface area contributed by atoms with Crippen molar-refractivity contribution >= 4 is 15.9 Å². The zero-order valence-electron chi connectivity index (χ0n) is 19.3. The number of carbonyl (C=O) groups is 1. The molecule has 8 heteroatoms. The molecule has 0 aliphatic carbocycles. The molecule has 0 bridgehead atoms. The molecule has 1 amide bonds. The Balaban J connectivity index is 1.71. The van der Waals surface area contributed by atoms with Crippen LogP contribution >= 0.6 is 0 Å². The number of hydrogen-bond donors (Lipinski definition) is 1. The molecule has 1 N–H and O–H groups in total. The van der Waals surface area contributed by atoms with E-state index >= 15 is 0 Å². The molecule has 34 heavy (non-hydrogen) atoms. The van der Waals surface area contributed by atoms with Crippen LogP contribution in [0, 0.1) is 0 Å². The van der Waals surface area contributed by atoms with E-state index in [0.29, 0.717) is 22.8 Å². The highest BCUT2D eigenvalue weighted by molar-refractivity contribution is 7.88. The Hall–Kier alpha value is -3.36. The average molecular weight is 482 g/mol. The standard InChI is InChI=1S/C26H27NO6S/c1-17(2)19-7-10-22(11-8-19)34(29,30)27-26(28)23(14-18-5-4-6-21(13-18)31-3)20-9-12-24-25(15-20)33-16-32-24/h4-13,15,17,23H,14,16H2,1-3H3,(H,27,28,29,30). The third-order valence-electron chi connectivity index (χ3n) is 5.74. The fourth-order valence-corrected chi connectivity index (χ4v) is 4.75. The van der Waals surface area contributed by atoms with Crippen LogP contribution in [0.15, 0.2) is 76.0 Å². The summed E-state index contributed by atoms with van der Waals surface area (Å²) < 4.78 is 43.7. The van der Waals surface area contributed by atoms with E-state index in [9.17, 15) is 13.6 Å². The molecular formula is C26H27NO6S. The fraction of sp³-hybridized carbons (Fsp3) is 0.269. The van der Waals surface area contributed by atoms with E-state index in [1.807, 2.05) is 38.1 Å². The Morgan fingerprint density at radius 2 is 1.74 bits per heavy atom. The number of hydrogen-bond acceptors (Lipinski definition) is 5. The van der Waals surface area contributed by atoms with Crippen molar-refractivity contribution in [2.24, 2.45) is 4.36 Å². The number of nitrogens with zero attached hydrogens (tertiary/aromatic N) is 1. The van der Waals surface area contributed by atoms with Gasteiger partial charge < -0.3 is 14.2 Å². The number of benzene rings is 3. The van der Waals surface area contributed by atoms with Crippen LogP contribution in [-0.2, 0) is 21.2 Å². The average Bonchev–Trinajstić information content (AvgIpc) is 3.30. The van der Waals surface area contributed by atoms with Crippen molar-refractivity contribution in [2.45, 2.75) is 37.0 Å². The number of fused-ring (bicyclic) bond motifs is 1. The molecule has 2 atom stereocenters. The maximum absolute atomic E-state index is 13.4. The van der Waals surface area contributed by atoms with Crippen molar-refractivity contribution in [2.75, 3.05) is 13.9 Å². The van der Waals surface area contributed by atoms with Gasteiger partial charge in [0, 0.05) is 0 Å². The molecule has 1 aliphatic rings. The lowest BCUT2D eigenvalue weighted by Crippen LogP contribution is -2.16. The number of amides is 1. The van der Waals surface area contributed by atoms with Gasteiger partial charge in [-0.3, -0.25) is 9.35 Å². The number of carbonyl (C=O) groups excluding carboxylic acids is 1. The summed E-state index contributed by atoms with van der Waals surface area (Å²) in [5, 5.41) is 0. The van der Waals surface area contributed by atoms with Gasteiger partial charge in [0.15, 0.2) is 21.5 Å². The summed E-state index contributed by atoms with van der Waals surface area (Å²) in [5.41, 5.74) is 2.48. The maximum Gasteiger partial charge on any atom is 0.263 e. The second-order valence-corrected chi connectivity index (χ2v) is 10.0. The van der Waals surface area contributed by atoms with Gasteiger partial charge in [0.2, 0.25) is 6.79 Å². The van der Waals surface area contributed by atoms with E-state index in [4.69, 9.17) is 14.2 Å². The minimum absolute atomic E-state index is 0.0936. The largest absolute Gasteiger partial charge is 0.497 e. The predicted octanol–water partition coefficient (Wildman–Crippen LogP) is 5.40. The van der Waals surface area contributed by atoms with Crippen LogP contribution in [0.25, 0.3) is 0 Å². The van der Waals surface area contributed by atoms with Crippen molar-refractivity contribution in [3.05, 3.63) is 83.4 Å². The van der Waals surface area contributed by atoms with Crippen molar-refractivity contribution in [1.29, 1.82) is 0 Å². The molecule has 178 valence electrons. The molecule has 0 spiro atoms. The topological polar surface area (TPSA) is 94.4 Å². The molecule has 0 saturated heterocycles. The number of methoxy groups -OCH3 is 1. The fourth-order valence-electron chi connectivity index (χ4n) is 3.78. The lowest BCUT2D eigenvalue weighted by Gasteiger charge is -2.16. The highest BCUT2D eigenvalue weighted by Gasteiger charge is 2.26. The van der Waals surface area contributed by atoms with Gasteiger partial charge in [-0.15, -0.1) is 4.36 Å². The molecule has 3 aromatic carbocycles. The highest BCUT2D eigenvalue weighted by atomic mass is 32.2. The minimum Gasteiger partial charge on any atom is -0.497 e. The van der Waals surface area contributed by atoms with E-state index in [2.05, 4.69) is 4.36 Å². The lowest BCUT2D eigenvalue weighted by atomic mass is 9.91. The first kappa shape index (κ1) is 23.8. The van der Waals surface area contributed by atoms with Crippen molar-refractivity contribution in [3.63, 3.8) is 0 Å². The molecule has 7 nitrogen and oxygen atoms in total. The summed E-state index contributed by atoms with van der Waals surface area (Å²) >= 11 is 0. The quantitative estimate of drug-likeness (QED) is 0.486. The van der Waals surface area contributed by atoms with Crippen molar-refractivity contribution in [1.82, 2.24) is 0 Å². The molecule has 0 aromatic heterocycles. The Kier molecular flexibility index (Phi) is 6.90. The Bertz CT molecular complexity index is 1310. The van der Waals surface area contributed by atoms with Crippen LogP contribution in [0.1, 0.15) is 42.4 Å². The zero-order valence-corrected chi connectivity index (χ0v) is 20.1. The Morgan fingerprint density at radius 3 is 2.44 bits per heavy atom. The summed E-state index contributed by atoms with van der Waals surface area (Å²) in [6, 6.07) is 19.2. The van der Waals surface area contributed by atoms with Gasteiger partial charge in [-0.2, -0.15) is 0 Å². The van der Waals surface area contributed by atoms with Crippen LogP contribution in [0.3, 0.4) is 0 Å². The molecular weight excluding hydrogens is 454 g/mol. The van der Waals surface area contributed by atoms with Crippen LogP contribution in [0.2, 0.25) is 0 Å². The summed E-state index contributed by atoms with van der Waals surface area (Å²) in [5.74, 6) is 0.550. The maximum atomic E-state index is 13.4. The van der Waals surface area contributed by atoms with Crippen molar-refractivity contribution < 1.29 is 27.8 Å². The molecule has 0 radical (unpaired) electrons. The van der Waals surface area contributed by atoms with Gasteiger partial charge in [0.25, 0.3) is 5.91 Å². The molecule has 3 aromatic rings. The Morgan fingerprint density at radius 1 is 1.03 bits per heavy atom. The van der Waals surface area contributed by atoms with Crippen molar-refractivity contribution in [3.8, 4) is 17.2 Å². The summed E-state index contributed by atoms with van der Waals surface area (Å²) in [7, 11) is -2.36. The predicted molar refractivity (Wildman–Crippen MR) is 129 cm³/mol. The number of rotatable bonds is 7. The lowest BCUT2D eigenvalue weighted by molar-refractivity contribution is -0.119. The monoisotopic (exact) mass is 481 g/mol. The molecule has 0 fully saturated rings. The SMILES string of the molecule is COc1cccc(CC(C(=O)N=S(=O)(O)c2ccc(C(C)C)cc2)c2ccc3c(c2)OCO3)c1. The second-order valence-electron chi connectivity index (χ2n) is 8.37. The van der Waals surface area contributed by atoms with Gasteiger partial charge in [0.05, 0.1) is 17.9 Å².